The largest absolute Gasteiger partial charge is 0.394 e. The Morgan fingerprint density at radius 1 is 1.10 bits per heavy atom. The predicted octanol–water partition coefficient (Wildman–Crippen LogP) is -0.349. The first-order valence-electron chi connectivity index (χ1n) is 3.18. The zero-order valence-corrected chi connectivity index (χ0v) is 10.9. The molecule has 0 unspecified atom stereocenters. The van der Waals surface area contributed by atoms with Crippen molar-refractivity contribution >= 4 is 48.9 Å². The van der Waals surface area contributed by atoms with E-state index in [0.29, 0.717) is 19.8 Å². The SMILES string of the molecule is CCOCCOCCO.[Ba]. The molecule has 0 saturated heterocycles. The molecule has 0 aliphatic rings. The first-order valence-corrected chi connectivity index (χ1v) is 3.18. The van der Waals surface area contributed by atoms with Crippen LogP contribution in [0.25, 0.3) is 0 Å². The Morgan fingerprint density at radius 2 is 1.70 bits per heavy atom. The van der Waals surface area contributed by atoms with Crippen molar-refractivity contribution < 1.29 is 14.6 Å². The minimum atomic E-state index is 0. The second-order valence-corrected chi connectivity index (χ2v) is 1.53. The number of aliphatic hydroxyl groups is 1. The van der Waals surface area contributed by atoms with E-state index in [0.717, 1.165) is 6.61 Å². The molecule has 0 aliphatic carbocycles. The fourth-order valence-electron chi connectivity index (χ4n) is 0.429. The van der Waals surface area contributed by atoms with Crippen LogP contribution in [0.2, 0.25) is 0 Å². The van der Waals surface area contributed by atoms with Gasteiger partial charge in [0.05, 0.1) is 26.4 Å². The van der Waals surface area contributed by atoms with Crippen LogP contribution in [0.1, 0.15) is 6.92 Å². The van der Waals surface area contributed by atoms with E-state index in [9.17, 15) is 0 Å². The van der Waals surface area contributed by atoms with Crippen molar-refractivity contribution in [1.82, 2.24) is 0 Å². The maximum absolute atomic E-state index is 8.26. The molecule has 2 radical (unpaired) electrons. The first-order chi connectivity index (χ1) is 4.41. The standard InChI is InChI=1S/C6H14O3.Ba/c1-2-8-5-6-9-4-3-7;/h7H,2-6H2,1H3;. The van der Waals surface area contributed by atoms with Crippen LogP contribution < -0.4 is 0 Å². The van der Waals surface area contributed by atoms with Gasteiger partial charge in [0.1, 0.15) is 0 Å². The van der Waals surface area contributed by atoms with Gasteiger partial charge in [-0.3, -0.25) is 0 Å². The van der Waals surface area contributed by atoms with Crippen LogP contribution in [0.4, 0.5) is 0 Å². The van der Waals surface area contributed by atoms with Crippen LogP contribution in [-0.2, 0) is 9.47 Å². The monoisotopic (exact) mass is 272 g/mol. The van der Waals surface area contributed by atoms with Crippen molar-refractivity contribution in [2.24, 2.45) is 0 Å². The summed E-state index contributed by atoms with van der Waals surface area (Å²) in [7, 11) is 0. The molecule has 0 fully saturated rings. The Bertz CT molecular complexity index is 46.3. The van der Waals surface area contributed by atoms with Gasteiger partial charge in [0.25, 0.3) is 0 Å². The topological polar surface area (TPSA) is 38.7 Å². The molecule has 0 aromatic heterocycles. The van der Waals surface area contributed by atoms with Gasteiger partial charge in [-0.25, -0.2) is 0 Å². The quantitative estimate of drug-likeness (QED) is 0.530. The Balaban J connectivity index is 0. The zero-order valence-electron chi connectivity index (χ0n) is 6.51. The molecule has 1 N–H and O–H groups in total. The Kier molecular flexibility index (Phi) is 18.3. The van der Waals surface area contributed by atoms with Crippen molar-refractivity contribution in [3.05, 3.63) is 0 Å². The summed E-state index contributed by atoms with van der Waals surface area (Å²) in [4.78, 5) is 0. The molecule has 3 nitrogen and oxygen atoms in total. The molecule has 0 bridgehead atoms. The van der Waals surface area contributed by atoms with Gasteiger partial charge >= 0.3 is 0 Å². The molecule has 4 heteroatoms. The minimum Gasteiger partial charge on any atom is -0.394 e. The Morgan fingerprint density at radius 3 is 2.20 bits per heavy atom. The van der Waals surface area contributed by atoms with Crippen molar-refractivity contribution in [3.63, 3.8) is 0 Å². The summed E-state index contributed by atoms with van der Waals surface area (Å²) in [5.41, 5.74) is 0. The Labute approximate surface area is 102 Å². The van der Waals surface area contributed by atoms with Crippen molar-refractivity contribution in [1.29, 1.82) is 0 Å². The normalized spacial score (nSPS) is 9.00. The number of hydrogen-bond donors (Lipinski definition) is 1. The number of rotatable bonds is 6. The fourth-order valence-corrected chi connectivity index (χ4v) is 0.429. The van der Waals surface area contributed by atoms with Crippen LogP contribution in [0.3, 0.4) is 0 Å². The maximum atomic E-state index is 8.26. The molecule has 0 aliphatic heterocycles. The summed E-state index contributed by atoms with van der Waals surface area (Å²) < 4.78 is 9.88. The summed E-state index contributed by atoms with van der Waals surface area (Å²) in [6, 6.07) is 0. The number of aliphatic hydroxyl groups excluding tert-OH is 1. The van der Waals surface area contributed by atoms with E-state index < -0.39 is 0 Å². The smallest absolute Gasteiger partial charge is 0.0701 e. The summed E-state index contributed by atoms with van der Waals surface area (Å²) in [5, 5.41) is 8.26. The van der Waals surface area contributed by atoms with E-state index in [4.69, 9.17) is 14.6 Å². The molecule has 10 heavy (non-hydrogen) atoms. The van der Waals surface area contributed by atoms with Gasteiger partial charge in [-0.05, 0) is 6.92 Å². The molecule has 58 valence electrons. The van der Waals surface area contributed by atoms with Crippen LogP contribution in [0.5, 0.6) is 0 Å². The second-order valence-electron chi connectivity index (χ2n) is 1.53. The minimum absolute atomic E-state index is 0. The molecule has 0 amide bonds. The van der Waals surface area contributed by atoms with Crippen LogP contribution >= 0.6 is 0 Å². The predicted molar refractivity (Wildman–Crippen MR) is 40.2 cm³/mol. The maximum Gasteiger partial charge on any atom is 0.0701 e. The van der Waals surface area contributed by atoms with Gasteiger partial charge in [0.15, 0.2) is 0 Å². The molecular formula is C6H14BaO3. The van der Waals surface area contributed by atoms with Gasteiger partial charge < -0.3 is 14.6 Å². The van der Waals surface area contributed by atoms with E-state index >= 15 is 0 Å². The third-order valence-electron chi connectivity index (χ3n) is 0.812. The van der Waals surface area contributed by atoms with Crippen molar-refractivity contribution in [2.45, 2.75) is 6.92 Å². The summed E-state index contributed by atoms with van der Waals surface area (Å²) >= 11 is 0. The van der Waals surface area contributed by atoms with Crippen LogP contribution in [0.15, 0.2) is 0 Å². The first kappa shape index (κ1) is 14.0. The number of ether oxygens (including phenoxy) is 2. The average Bonchev–Trinajstić information content (AvgIpc) is 1.89. The number of hydrogen-bond acceptors (Lipinski definition) is 3. The average molecular weight is 272 g/mol. The van der Waals surface area contributed by atoms with E-state index in [-0.39, 0.29) is 55.5 Å². The van der Waals surface area contributed by atoms with Gasteiger partial charge in [-0.15, -0.1) is 0 Å². The molecule has 0 atom stereocenters. The van der Waals surface area contributed by atoms with E-state index in [1.165, 1.54) is 0 Å². The molecule has 0 heterocycles. The van der Waals surface area contributed by atoms with Crippen molar-refractivity contribution in [2.75, 3.05) is 33.0 Å². The molecule has 0 spiro atoms. The van der Waals surface area contributed by atoms with E-state index in [1.54, 1.807) is 0 Å². The van der Waals surface area contributed by atoms with Gasteiger partial charge in [0.2, 0.25) is 0 Å². The summed E-state index contributed by atoms with van der Waals surface area (Å²) in [6.07, 6.45) is 0. The van der Waals surface area contributed by atoms with E-state index in [1.807, 2.05) is 6.92 Å². The summed E-state index contributed by atoms with van der Waals surface area (Å²) in [5.74, 6) is 0. The fraction of sp³-hybridized carbons (Fsp3) is 1.00. The third-order valence-corrected chi connectivity index (χ3v) is 0.812. The van der Waals surface area contributed by atoms with Crippen LogP contribution in [0, 0.1) is 0 Å². The zero-order chi connectivity index (χ0) is 6.95. The molecular weight excluding hydrogens is 257 g/mol. The third kappa shape index (κ3) is 12.2. The molecule has 0 saturated carbocycles. The van der Waals surface area contributed by atoms with Crippen molar-refractivity contribution in [3.8, 4) is 0 Å². The molecule has 0 aromatic carbocycles. The van der Waals surface area contributed by atoms with E-state index in [2.05, 4.69) is 0 Å². The second kappa shape index (κ2) is 13.1. The van der Waals surface area contributed by atoms with Gasteiger partial charge in [-0.1, -0.05) is 0 Å². The molecule has 0 rings (SSSR count). The Hall–Kier alpha value is 1.45. The van der Waals surface area contributed by atoms with Gasteiger partial charge in [0, 0.05) is 55.5 Å². The molecule has 0 aromatic rings. The van der Waals surface area contributed by atoms with Gasteiger partial charge in [-0.2, -0.15) is 0 Å². The van der Waals surface area contributed by atoms with Crippen LogP contribution in [-0.4, -0.2) is 87.0 Å². The summed E-state index contributed by atoms with van der Waals surface area (Å²) in [6.45, 7) is 4.36.